The third kappa shape index (κ3) is 2.06. The van der Waals surface area contributed by atoms with Gasteiger partial charge in [0.05, 0.1) is 6.04 Å². The molecule has 1 aromatic heterocycles. The summed E-state index contributed by atoms with van der Waals surface area (Å²) in [4.78, 5) is 0. The fourth-order valence-electron chi connectivity index (χ4n) is 2.09. The highest BCUT2D eigenvalue weighted by Crippen LogP contribution is 2.30. The van der Waals surface area contributed by atoms with E-state index in [4.69, 9.17) is 4.42 Å². The summed E-state index contributed by atoms with van der Waals surface area (Å²) in [6, 6.07) is 10.3. The van der Waals surface area contributed by atoms with Gasteiger partial charge < -0.3 is 9.73 Å². The Hall–Kier alpha value is -2.27. The van der Waals surface area contributed by atoms with Gasteiger partial charge in [0.2, 0.25) is 11.8 Å². The number of aromatic nitrogens is 2. The SMILES string of the molecule is CNC(C)c1nnc(-c2ccc(F)c3ccccc23)o1. The van der Waals surface area contributed by atoms with E-state index in [1.165, 1.54) is 6.07 Å². The van der Waals surface area contributed by atoms with E-state index in [0.29, 0.717) is 17.2 Å². The van der Waals surface area contributed by atoms with Crippen molar-refractivity contribution in [1.29, 1.82) is 0 Å². The molecule has 0 aliphatic rings. The number of nitrogens with zero attached hydrogens (tertiary/aromatic N) is 2. The summed E-state index contributed by atoms with van der Waals surface area (Å²) in [5.74, 6) is 0.655. The molecule has 0 aliphatic heterocycles. The van der Waals surface area contributed by atoms with Crippen LogP contribution < -0.4 is 5.32 Å². The second-order valence-corrected chi connectivity index (χ2v) is 4.60. The van der Waals surface area contributed by atoms with Crippen LogP contribution >= 0.6 is 0 Å². The molecule has 4 nitrogen and oxygen atoms in total. The lowest BCUT2D eigenvalue weighted by atomic mass is 10.0. The number of rotatable bonds is 3. The Labute approximate surface area is 115 Å². The van der Waals surface area contributed by atoms with Crippen molar-refractivity contribution in [1.82, 2.24) is 15.5 Å². The molecule has 1 unspecified atom stereocenters. The zero-order chi connectivity index (χ0) is 14.1. The highest BCUT2D eigenvalue weighted by Gasteiger charge is 2.16. The number of hydrogen-bond acceptors (Lipinski definition) is 4. The lowest BCUT2D eigenvalue weighted by Crippen LogP contribution is -2.12. The predicted molar refractivity (Wildman–Crippen MR) is 74.7 cm³/mol. The van der Waals surface area contributed by atoms with Crippen LogP contribution in [0.1, 0.15) is 18.9 Å². The van der Waals surface area contributed by atoms with Crippen molar-refractivity contribution in [3.8, 4) is 11.5 Å². The van der Waals surface area contributed by atoms with Gasteiger partial charge in [-0.3, -0.25) is 0 Å². The van der Waals surface area contributed by atoms with Gasteiger partial charge in [0.1, 0.15) is 5.82 Å². The number of hydrogen-bond donors (Lipinski definition) is 1. The van der Waals surface area contributed by atoms with Crippen molar-refractivity contribution in [2.45, 2.75) is 13.0 Å². The van der Waals surface area contributed by atoms with Crippen LogP contribution in [0.5, 0.6) is 0 Å². The van der Waals surface area contributed by atoms with Gasteiger partial charge in [-0.15, -0.1) is 10.2 Å². The maximum absolute atomic E-state index is 13.8. The Balaban J connectivity index is 2.15. The van der Waals surface area contributed by atoms with E-state index in [2.05, 4.69) is 15.5 Å². The highest BCUT2D eigenvalue weighted by molar-refractivity contribution is 5.95. The van der Waals surface area contributed by atoms with Gasteiger partial charge in [-0.05, 0) is 31.5 Å². The Bertz CT molecular complexity index is 754. The Morgan fingerprint density at radius 2 is 1.85 bits per heavy atom. The monoisotopic (exact) mass is 271 g/mol. The minimum Gasteiger partial charge on any atom is -0.419 e. The molecule has 0 fully saturated rings. The van der Waals surface area contributed by atoms with Gasteiger partial charge in [-0.1, -0.05) is 24.3 Å². The molecule has 1 atom stereocenters. The summed E-state index contributed by atoms with van der Waals surface area (Å²) in [6.07, 6.45) is 0. The molecule has 1 N–H and O–H groups in total. The molecule has 0 saturated carbocycles. The first kappa shape index (κ1) is 12.7. The zero-order valence-electron chi connectivity index (χ0n) is 11.2. The lowest BCUT2D eigenvalue weighted by molar-refractivity contribution is 0.441. The van der Waals surface area contributed by atoms with E-state index < -0.39 is 0 Å². The second-order valence-electron chi connectivity index (χ2n) is 4.60. The van der Waals surface area contributed by atoms with Gasteiger partial charge in [0.25, 0.3) is 0 Å². The normalized spacial score (nSPS) is 12.8. The molecule has 0 spiro atoms. The van der Waals surface area contributed by atoms with Crippen molar-refractivity contribution in [3.63, 3.8) is 0 Å². The van der Waals surface area contributed by atoms with E-state index in [9.17, 15) is 4.39 Å². The van der Waals surface area contributed by atoms with Gasteiger partial charge in [-0.25, -0.2) is 4.39 Å². The van der Waals surface area contributed by atoms with Crippen LogP contribution in [0.4, 0.5) is 4.39 Å². The fourth-order valence-corrected chi connectivity index (χ4v) is 2.09. The Morgan fingerprint density at radius 3 is 2.60 bits per heavy atom. The average Bonchev–Trinajstić information content (AvgIpc) is 2.97. The van der Waals surface area contributed by atoms with E-state index in [1.54, 1.807) is 18.2 Å². The molecule has 0 radical (unpaired) electrons. The van der Waals surface area contributed by atoms with Crippen molar-refractivity contribution in [2.24, 2.45) is 0 Å². The largest absolute Gasteiger partial charge is 0.419 e. The second kappa shape index (κ2) is 5.02. The van der Waals surface area contributed by atoms with E-state index in [-0.39, 0.29) is 11.9 Å². The topological polar surface area (TPSA) is 51.0 Å². The first-order valence-corrected chi connectivity index (χ1v) is 6.39. The van der Waals surface area contributed by atoms with Gasteiger partial charge in [0, 0.05) is 10.9 Å². The molecule has 20 heavy (non-hydrogen) atoms. The molecule has 0 bridgehead atoms. The van der Waals surface area contributed by atoms with Crippen LogP contribution in [-0.2, 0) is 0 Å². The van der Waals surface area contributed by atoms with Crippen molar-refractivity contribution < 1.29 is 8.81 Å². The van der Waals surface area contributed by atoms with Crippen LogP contribution in [0.25, 0.3) is 22.2 Å². The summed E-state index contributed by atoms with van der Waals surface area (Å²) in [5, 5.41) is 12.4. The lowest BCUT2D eigenvalue weighted by Gasteiger charge is -2.04. The molecule has 0 amide bonds. The maximum Gasteiger partial charge on any atom is 0.248 e. The zero-order valence-corrected chi connectivity index (χ0v) is 11.2. The fraction of sp³-hybridized carbons (Fsp3) is 0.200. The molecular formula is C15H14FN3O. The molecular weight excluding hydrogens is 257 g/mol. The molecule has 0 aliphatic carbocycles. The minimum absolute atomic E-state index is 0.0250. The predicted octanol–water partition coefficient (Wildman–Crippen LogP) is 3.31. The first-order chi connectivity index (χ1) is 9.70. The summed E-state index contributed by atoms with van der Waals surface area (Å²) < 4.78 is 19.5. The van der Waals surface area contributed by atoms with Crippen molar-refractivity contribution >= 4 is 10.8 Å². The Kier molecular flexibility index (Phi) is 3.20. The highest BCUT2D eigenvalue weighted by atomic mass is 19.1. The van der Waals surface area contributed by atoms with E-state index >= 15 is 0 Å². The van der Waals surface area contributed by atoms with E-state index in [0.717, 1.165) is 10.9 Å². The van der Waals surface area contributed by atoms with E-state index in [1.807, 2.05) is 26.1 Å². The average molecular weight is 271 g/mol. The molecule has 2 aromatic carbocycles. The quantitative estimate of drug-likeness (QED) is 0.794. The van der Waals surface area contributed by atoms with Crippen LogP contribution in [0.3, 0.4) is 0 Å². The smallest absolute Gasteiger partial charge is 0.248 e. The Morgan fingerprint density at radius 1 is 1.10 bits per heavy atom. The standard InChI is InChI=1S/C15H14FN3O/c1-9(17-2)14-18-19-15(20-14)12-7-8-13(16)11-6-4-3-5-10(11)12/h3-9,17H,1-2H3. The molecule has 102 valence electrons. The summed E-state index contributed by atoms with van der Waals surface area (Å²) in [5.41, 5.74) is 0.740. The molecule has 3 aromatic rings. The van der Waals surface area contributed by atoms with Crippen LogP contribution in [-0.4, -0.2) is 17.2 Å². The van der Waals surface area contributed by atoms with Crippen molar-refractivity contribution in [3.05, 3.63) is 48.1 Å². The van der Waals surface area contributed by atoms with Gasteiger partial charge in [0.15, 0.2) is 0 Å². The number of benzene rings is 2. The third-order valence-electron chi connectivity index (χ3n) is 3.35. The third-order valence-corrected chi connectivity index (χ3v) is 3.35. The van der Waals surface area contributed by atoms with Crippen LogP contribution in [0, 0.1) is 5.82 Å². The molecule has 1 heterocycles. The minimum atomic E-state index is -0.257. The van der Waals surface area contributed by atoms with Crippen molar-refractivity contribution in [2.75, 3.05) is 7.05 Å². The molecule has 5 heteroatoms. The van der Waals surface area contributed by atoms with Crippen LogP contribution in [0.15, 0.2) is 40.8 Å². The first-order valence-electron chi connectivity index (χ1n) is 6.39. The summed E-state index contributed by atoms with van der Waals surface area (Å²) >= 11 is 0. The van der Waals surface area contributed by atoms with Gasteiger partial charge in [-0.2, -0.15) is 0 Å². The van der Waals surface area contributed by atoms with Crippen LogP contribution in [0.2, 0.25) is 0 Å². The maximum atomic E-state index is 13.8. The summed E-state index contributed by atoms with van der Waals surface area (Å²) in [6.45, 7) is 1.93. The number of nitrogens with one attached hydrogen (secondary N) is 1. The molecule has 3 rings (SSSR count). The summed E-state index contributed by atoms with van der Waals surface area (Å²) in [7, 11) is 1.82. The van der Waals surface area contributed by atoms with Gasteiger partial charge >= 0.3 is 0 Å². The number of fused-ring (bicyclic) bond motifs is 1. The number of halogens is 1. The molecule has 0 saturated heterocycles.